The van der Waals surface area contributed by atoms with Gasteiger partial charge in [0.05, 0.1) is 6.04 Å². The molecule has 2 rings (SSSR count). The van der Waals surface area contributed by atoms with Crippen molar-refractivity contribution in [2.75, 3.05) is 6.61 Å². The largest absolute Gasteiger partial charge is 0.396 e. The Hall–Kier alpha value is -1.92. The lowest BCUT2D eigenvalue weighted by Crippen LogP contribution is -2.29. The molecule has 0 radical (unpaired) electrons. The molecule has 0 spiro atoms. The number of rotatable bonds is 7. The number of alkyl halides is 2. The van der Waals surface area contributed by atoms with Gasteiger partial charge in [0, 0.05) is 17.1 Å². The first-order chi connectivity index (χ1) is 11.1. The Morgan fingerprint density at radius 2 is 1.74 bits per heavy atom. The standard InChI is InChI=1S/C17H17F2NO2S/c18-17(19)23-14-8-6-13(7-9-14)16(22)20-15(10-11-21)12-4-2-1-3-5-12/h1-9,15,17,21H,10-11H2,(H,20,22). The lowest BCUT2D eigenvalue weighted by Gasteiger charge is -2.18. The molecular weight excluding hydrogens is 320 g/mol. The first-order valence-electron chi connectivity index (χ1n) is 7.11. The third-order valence-electron chi connectivity index (χ3n) is 3.27. The molecule has 0 aromatic heterocycles. The molecular formula is C17H17F2NO2S. The average Bonchev–Trinajstić information content (AvgIpc) is 2.55. The summed E-state index contributed by atoms with van der Waals surface area (Å²) in [6.07, 6.45) is 0.398. The molecule has 3 nitrogen and oxygen atoms in total. The van der Waals surface area contributed by atoms with Gasteiger partial charge in [-0.25, -0.2) is 0 Å². The molecule has 122 valence electrons. The van der Waals surface area contributed by atoms with E-state index in [1.165, 1.54) is 24.3 Å². The van der Waals surface area contributed by atoms with E-state index >= 15 is 0 Å². The minimum atomic E-state index is -2.48. The van der Waals surface area contributed by atoms with Crippen LogP contribution in [-0.2, 0) is 0 Å². The Morgan fingerprint density at radius 3 is 2.30 bits per heavy atom. The maximum atomic E-state index is 12.3. The van der Waals surface area contributed by atoms with E-state index in [1.54, 1.807) is 0 Å². The van der Waals surface area contributed by atoms with Crippen LogP contribution in [0.3, 0.4) is 0 Å². The van der Waals surface area contributed by atoms with Crippen LogP contribution >= 0.6 is 11.8 Å². The number of thioether (sulfide) groups is 1. The molecule has 1 amide bonds. The van der Waals surface area contributed by atoms with Crippen molar-refractivity contribution in [2.24, 2.45) is 0 Å². The highest BCUT2D eigenvalue weighted by molar-refractivity contribution is 7.99. The smallest absolute Gasteiger partial charge is 0.288 e. The highest BCUT2D eigenvalue weighted by Crippen LogP contribution is 2.25. The van der Waals surface area contributed by atoms with E-state index in [0.29, 0.717) is 28.6 Å². The summed E-state index contributed by atoms with van der Waals surface area (Å²) in [7, 11) is 0. The molecule has 2 N–H and O–H groups in total. The zero-order valence-corrected chi connectivity index (χ0v) is 13.1. The Morgan fingerprint density at radius 1 is 1.09 bits per heavy atom. The second kappa shape index (κ2) is 8.64. The van der Waals surface area contributed by atoms with Crippen LogP contribution in [0.15, 0.2) is 59.5 Å². The fourth-order valence-corrected chi connectivity index (χ4v) is 2.66. The SMILES string of the molecule is O=C(NC(CCO)c1ccccc1)c1ccc(SC(F)F)cc1. The average molecular weight is 337 g/mol. The molecule has 1 unspecified atom stereocenters. The van der Waals surface area contributed by atoms with Gasteiger partial charge in [0.1, 0.15) is 0 Å². The first-order valence-corrected chi connectivity index (χ1v) is 7.99. The van der Waals surface area contributed by atoms with Crippen LogP contribution < -0.4 is 5.32 Å². The second-order valence-electron chi connectivity index (χ2n) is 4.85. The molecule has 0 fully saturated rings. The quantitative estimate of drug-likeness (QED) is 0.755. The summed E-state index contributed by atoms with van der Waals surface area (Å²) in [6, 6.07) is 15.1. The van der Waals surface area contributed by atoms with E-state index in [-0.39, 0.29) is 18.6 Å². The van der Waals surface area contributed by atoms with Crippen LogP contribution in [0.5, 0.6) is 0 Å². The summed E-state index contributed by atoms with van der Waals surface area (Å²) in [5, 5.41) is 12.0. The van der Waals surface area contributed by atoms with Gasteiger partial charge >= 0.3 is 0 Å². The number of halogens is 2. The minimum absolute atomic E-state index is 0.0518. The second-order valence-corrected chi connectivity index (χ2v) is 5.92. The number of amides is 1. The summed E-state index contributed by atoms with van der Waals surface area (Å²) in [4.78, 5) is 12.7. The summed E-state index contributed by atoms with van der Waals surface area (Å²) >= 11 is 0.440. The summed E-state index contributed by atoms with van der Waals surface area (Å²) < 4.78 is 24.6. The Kier molecular flexibility index (Phi) is 6.55. The Bertz CT molecular complexity index is 620. The van der Waals surface area contributed by atoms with Gasteiger partial charge in [-0.15, -0.1) is 0 Å². The first kappa shape index (κ1) is 17.4. The van der Waals surface area contributed by atoms with Crippen LogP contribution in [0.2, 0.25) is 0 Å². The van der Waals surface area contributed by atoms with Crippen molar-refractivity contribution in [3.8, 4) is 0 Å². The summed E-state index contributed by atoms with van der Waals surface area (Å²) in [5.41, 5.74) is 1.29. The van der Waals surface area contributed by atoms with E-state index in [4.69, 9.17) is 0 Å². The summed E-state index contributed by atoms with van der Waals surface area (Å²) in [6.45, 7) is -0.0518. The van der Waals surface area contributed by atoms with Crippen molar-refractivity contribution >= 4 is 17.7 Å². The lowest BCUT2D eigenvalue weighted by atomic mass is 10.0. The molecule has 0 saturated heterocycles. The van der Waals surface area contributed by atoms with Gasteiger partial charge in [-0.1, -0.05) is 42.1 Å². The molecule has 2 aromatic carbocycles. The molecule has 2 aromatic rings. The van der Waals surface area contributed by atoms with Crippen molar-refractivity contribution < 1.29 is 18.7 Å². The van der Waals surface area contributed by atoms with Crippen LogP contribution in [0.25, 0.3) is 0 Å². The molecule has 0 bridgehead atoms. The van der Waals surface area contributed by atoms with Gasteiger partial charge < -0.3 is 10.4 Å². The van der Waals surface area contributed by atoms with E-state index in [2.05, 4.69) is 5.32 Å². The maximum absolute atomic E-state index is 12.3. The molecule has 0 heterocycles. The molecule has 6 heteroatoms. The number of hydrogen-bond acceptors (Lipinski definition) is 3. The maximum Gasteiger partial charge on any atom is 0.288 e. The number of aliphatic hydroxyl groups excluding tert-OH is 1. The fraction of sp³-hybridized carbons (Fsp3) is 0.235. The van der Waals surface area contributed by atoms with Crippen LogP contribution in [0.4, 0.5) is 8.78 Å². The Balaban J connectivity index is 2.06. The molecule has 0 aliphatic carbocycles. The van der Waals surface area contributed by atoms with Gasteiger partial charge in [0.25, 0.3) is 11.7 Å². The van der Waals surface area contributed by atoms with Gasteiger partial charge in [-0.2, -0.15) is 8.78 Å². The van der Waals surface area contributed by atoms with Gasteiger partial charge in [0.15, 0.2) is 0 Å². The fourth-order valence-electron chi connectivity index (χ4n) is 2.17. The number of benzene rings is 2. The van der Waals surface area contributed by atoms with E-state index < -0.39 is 5.76 Å². The molecule has 0 aliphatic heterocycles. The van der Waals surface area contributed by atoms with Crippen LogP contribution in [-0.4, -0.2) is 23.4 Å². The van der Waals surface area contributed by atoms with Crippen LogP contribution in [0.1, 0.15) is 28.4 Å². The van der Waals surface area contributed by atoms with E-state index in [0.717, 1.165) is 5.56 Å². The number of hydrogen-bond donors (Lipinski definition) is 2. The zero-order valence-electron chi connectivity index (χ0n) is 12.3. The molecule has 0 saturated carbocycles. The third kappa shape index (κ3) is 5.33. The molecule has 23 heavy (non-hydrogen) atoms. The predicted molar refractivity (Wildman–Crippen MR) is 86.7 cm³/mol. The van der Waals surface area contributed by atoms with Gasteiger partial charge in [-0.3, -0.25) is 4.79 Å². The van der Waals surface area contributed by atoms with Crippen LogP contribution in [0, 0.1) is 0 Å². The van der Waals surface area contributed by atoms with Crippen molar-refractivity contribution in [3.63, 3.8) is 0 Å². The van der Waals surface area contributed by atoms with Crippen molar-refractivity contribution in [1.82, 2.24) is 5.32 Å². The third-order valence-corrected chi connectivity index (χ3v) is 3.99. The normalized spacial score (nSPS) is 12.2. The van der Waals surface area contributed by atoms with Crippen molar-refractivity contribution in [2.45, 2.75) is 23.1 Å². The number of carbonyl (C=O) groups excluding carboxylic acids is 1. The topological polar surface area (TPSA) is 49.3 Å². The zero-order chi connectivity index (χ0) is 16.7. The Labute approximate surface area is 137 Å². The van der Waals surface area contributed by atoms with E-state index in [9.17, 15) is 18.7 Å². The van der Waals surface area contributed by atoms with Crippen molar-refractivity contribution in [1.29, 1.82) is 0 Å². The summed E-state index contributed by atoms with van der Waals surface area (Å²) in [5.74, 6) is -2.79. The number of nitrogens with one attached hydrogen (secondary N) is 1. The van der Waals surface area contributed by atoms with Gasteiger partial charge in [0.2, 0.25) is 0 Å². The monoisotopic (exact) mass is 337 g/mol. The highest BCUT2D eigenvalue weighted by atomic mass is 32.2. The minimum Gasteiger partial charge on any atom is -0.396 e. The lowest BCUT2D eigenvalue weighted by molar-refractivity contribution is 0.0930. The molecule has 1 atom stereocenters. The van der Waals surface area contributed by atoms with Crippen molar-refractivity contribution in [3.05, 3.63) is 65.7 Å². The highest BCUT2D eigenvalue weighted by Gasteiger charge is 2.15. The van der Waals surface area contributed by atoms with Gasteiger partial charge in [-0.05, 0) is 36.2 Å². The predicted octanol–water partition coefficient (Wildman–Crippen LogP) is 3.85. The van der Waals surface area contributed by atoms with E-state index in [1.807, 2.05) is 30.3 Å². The number of carbonyl (C=O) groups is 1. The number of aliphatic hydroxyl groups is 1. The molecule has 0 aliphatic rings.